The lowest BCUT2D eigenvalue weighted by atomic mass is 9.82. The van der Waals surface area contributed by atoms with Gasteiger partial charge in [0.15, 0.2) is 0 Å². The Morgan fingerprint density at radius 2 is 2.10 bits per heavy atom. The second kappa shape index (κ2) is 5.48. The molecule has 1 saturated heterocycles. The van der Waals surface area contributed by atoms with E-state index in [2.05, 4.69) is 11.5 Å². The number of carbonyl (C=O) groups excluding carboxylic acids is 1. The van der Waals surface area contributed by atoms with E-state index in [0.29, 0.717) is 13.1 Å². The molecule has 0 spiro atoms. The Labute approximate surface area is 127 Å². The van der Waals surface area contributed by atoms with E-state index < -0.39 is 5.60 Å². The van der Waals surface area contributed by atoms with Gasteiger partial charge in [0.2, 0.25) is 0 Å². The van der Waals surface area contributed by atoms with Crippen LogP contribution in [0.4, 0.5) is 0 Å². The Balaban J connectivity index is 2.27. The first-order valence-corrected chi connectivity index (χ1v) is 7.90. The first-order chi connectivity index (χ1) is 9.72. The van der Waals surface area contributed by atoms with Crippen molar-refractivity contribution in [3.63, 3.8) is 0 Å². The van der Waals surface area contributed by atoms with Crippen LogP contribution in [0.1, 0.15) is 49.4 Å². The molecule has 0 saturated carbocycles. The lowest BCUT2D eigenvalue weighted by Gasteiger charge is -2.31. The molecule has 0 bridgehead atoms. The van der Waals surface area contributed by atoms with Crippen LogP contribution in [0.3, 0.4) is 0 Å². The highest BCUT2D eigenvalue weighted by molar-refractivity contribution is 5.96. The number of aliphatic hydroxyl groups is 1. The fourth-order valence-electron chi connectivity index (χ4n) is 3.60. The number of hydrogen-bond donors (Lipinski definition) is 1. The van der Waals surface area contributed by atoms with Crippen LogP contribution in [-0.2, 0) is 6.54 Å². The number of carbonyl (C=O) groups is 1. The maximum absolute atomic E-state index is 12.8. The highest BCUT2D eigenvalue weighted by Gasteiger charge is 2.46. The van der Waals surface area contributed by atoms with E-state index >= 15 is 0 Å². The molecule has 1 aromatic heterocycles. The van der Waals surface area contributed by atoms with Crippen LogP contribution in [0.2, 0.25) is 0 Å². The fourth-order valence-corrected chi connectivity index (χ4v) is 3.60. The van der Waals surface area contributed by atoms with Gasteiger partial charge in [-0.15, -0.1) is 0 Å². The van der Waals surface area contributed by atoms with Crippen molar-refractivity contribution in [3.05, 3.63) is 23.0 Å². The van der Waals surface area contributed by atoms with E-state index in [1.165, 1.54) is 0 Å². The van der Waals surface area contributed by atoms with Crippen molar-refractivity contribution in [2.75, 3.05) is 13.1 Å². The number of aryl methyl sites for hydroxylation is 1. The van der Waals surface area contributed by atoms with Gasteiger partial charge < -0.3 is 14.6 Å². The summed E-state index contributed by atoms with van der Waals surface area (Å²) in [7, 11) is 0. The smallest absolute Gasteiger partial charge is 0.255 e. The van der Waals surface area contributed by atoms with E-state index in [-0.39, 0.29) is 17.7 Å². The Kier molecular flexibility index (Phi) is 4.20. The van der Waals surface area contributed by atoms with Crippen molar-refractivity contribution in [2.24, 2.45) is 11.8 Å². The second-order valence-electron chi connectivity index (χ2n) is 6.76. The molecule has 0 unspecified atom stereocenters. The Bertz CT molecular complexity index is 547. The minimum absolute atomic E-state index is 0.0474. The van der Waals surface area contributed by atoms with Crippen LogP contribution >= 0.6 is 0 Å². The predicted octanol–water partition coefficient (Wildman–Crippen LogP) is 2.60. The summed E-state index contributed by atoms with van der Waals surface area (Å²) in [6, 6.07) is 1.97. The highest BCUT2D eigenvalue weighted by atomic mass is 16.3. The topological polar surface area (TPSA) is 45.5 Å². The van der Waals surface area contributed by atoms with Crippen LogP contribution in [0.25, 0.3) is 0 Å². The van der Waals surface area contributed by atoms with Gasteiger partial charge in [-0.1, -0.05) is 20.8 Å². The highest BCUT2D eigenvalue weighted by Crippen LogP contribution is 2.34. The van der Waals surface area contributed by atoms with Gasteiger partial charge in [-0.3, -0.25) is 4.79 Å². The minimum Gasteiger partial charge on any atom is -0.387 e. The molecule has 1 aliphatic rings. The van der Waals surface area contributed by atoms with Gasteiger partial charge >= 0.3 is 0 Å². The van der Waals surface area contributed by atoms with Crippen molar-refractivity contribution >= 4 is 5.91 Å². The van der Waals surface area contributed by atoms with Crippen LogP contribution in [-0.4, -0.2) is 39.2 Å². The molecule has 1 fully saturated rings. The van der Waals surface area contributed by atoms with Gasteiger partial charge in [0, 0.05) is 30.4 Å². The molecule has 1 aliphatic heterocycles. The number of nitrogens with zero attached hydrogens (tertiary/aromatic N) is 2. The molecule has 0 aromatic carbocycles. The van der Waals surface area contributed by atoms with Crippen molar-refractivity contribution in [2.45, 2.75) is 53.7 Å². The summed E-state index contributed by atoms with van der Waals surface area (Å²) in [5, 5.41) is 10.8. The van der Waals surface area contributed by atoms with E-state index in [1.54, 1.807) is 0 Å². The maximum atomic E-state index is 12.8. The SMILES string of the molecule is CCn1c(C)cc(C(=O)N2C[C@@H](C)[C@](O)(C(C)C)C2)c1C. The third-order valence-corrected chi connectivity index (χ3v) is 5.20. The first kappa shape index (κ1) is 16.1. The van der Waals surface area contributed by atoms with Gasteiger partial charge in [0.1, 0.15) is 0 Å². The second-order valence-corrected chi connectivity index (χ2v) is 6.76. The molecule has 0 radical (unpaired) electrons. The third kappa shape index (κ3) is 2.50. The first-order valence-electron chi connectivity index (χ1n) is 7.90. The lowest BCUT2D eigenvalue weighted by Crippen LogP contribution is -2.43. The molecule has 2 heterocycles. The third-order valence-electron chi connectivity index (χ3n) is 5.20. The van der Waals surface area contributed by atoms with Crippen LogP contribution < -0.4 is 0 Å². The summed E-state index contributed by atoms with van der Waals surface area (Å²) in [6.45, 7) is 14.1. The van der Waals surface area contributed by atoms with Gasteiger partial charge in [-0.05, 0) is 32.8 Å². The summed E-state index contributed by atoms with van der Waals surface area (Å²) in [5.74, 6) is 0.302. The predicted molar refractivity (Wildman–Crippen MR) is 84.4 cm³/mol. The van der Waals surface area contributed by atoms with E-state index in [0.717, 1.165) is 23.5 Å². The van der Waals surface area contributed by atoms with Crippen LogP contribution in [0.5, 0.6) is 0 Å². The molecule has 118 valence electrons. The van der Waals surface area contributed by atoms with E-state index in [4.69, 9.17) is 0 Å². The average molecular weight is 292 g/mol. The molecular formula is C17H28N2O2. The largest absolute Gasteiger partial charge is 0.387 e. The van der Waals surface area contributed by atoms with Crippen molar-refractivity contribution in [1.82, 2.24) is 9.47 Å². The Morgan fingerprint density at radius 3 is 2.52 bits per heavy atom. The molecular weight excluding hydrogens is 264 g/mol. The van der Waals surface area contributed by atoms with Gasteiger partial charge in [0.05, 0.1) is 17.7 Å². The molecule has 1 N–H and O–H groups in total. The summed E-state index contributed by atoms with van der Waals surface area (Å²) >= 11 is 0. The molecule has 2 atom stereocenters. The quantitative estimate of drug-likeness (QED) is 0.931. The fraction of sp³-hybridized carbons (Fsp3) is 0.706. The lowest BCUT2D eigenvalue weighted by molar-refractivity contribution is -0.0243. The number of rotatable bonds is 3. The maximum Gasteiger partial charge on any atom is 0.255 e. The molecule has 1 aromatic rings. The monoisotopic (exact) mass is 292 g/mol. The molecule has 21 heavy (non-hydrogen) atoms. The summed E-state index contributed by atoms with van der Waals surface area (Å²) in [5.41, 5.74) is 2.14. The summed E-state index contributed by atoms with van der Waals surface area (Å²) in [4.78, 5) is 14.6. The number of hydrogen-bond acceptors (Lipinski definition) is 2. The number of likely N-dealkylation sites (tertiary alicyclic amines) is 1. The van der Waals surface area contributed by atoms with Gasteiger partial charge in [-0.2, -0.15) is 0 Å². The van der Waals surface area contributed by atoms with Crippen molar-refractivity contribution < 1.29 is 9.90 Å². The zero-order valence-electron chi connectivity index (χ0n) is 14.1. The number of amides is 1. The van der Waals surface area contributed by atoms with E-state index in [9.17, 15) is 9.90 Å². The van der Waals surface area contributed by atoms with Crippen molar-refractivity contribution in [1.29, 1.82) is 0 Å². The van der Waals surface area contributed by atoms with Crippen LogP contribution in [0.15, 0.2) is 6.07 Å². The zero-order chi connectivity index (χ0) is 15.9. The standard InChI is InChI=1S/C17H28N2O2/c1-7-19-13(5)8-15(14(19)6)16(20)18-9-12(4)17(21,10-18)11(2)3/h8,11-12,21H,7,9-10H2,1-6H3/t12-,17-/m1/s1. The number of β-amino-alcohol motifs (C(OH)–C–C–N with tert-alkyl or cyclic N) is 1. The van der Waals surface area contributed by atoms with Gasteiger partial charge in [0.25, 0.3) is 5.91 Å². The van der Waals surface area contributed by atoms with Gasteiger partial charge in [-0.25, -0.2) is 0 Å². The Morgan fingerprint density at radius 1 is 1.48 bits per heavy atom. The number of aromatic nitrogens is 1. The molecule has 4 heteroatoms. The Hall–Kier alpha value is -1.29. The van der Waals surface area contributed by atoms with Crippen LogP contribution in [0, 0.1) is 25.7 Å². The average Bonchev–Trinajstić information content (AvgIpc) is 2.88. The molecule has 0 aliphatic carbocycles. The molecule has 1 amide bonds. The summed E-state index contributed by atoms with van der Waals surface area (Å²) in [6.07, 6.45) is 0. The molecule has 2 rings (SSSR count). The summed E-state index contributed by atoms with van der Waals surface area (Å²) < 4.78 is 2.15. The van der Waals surface area contributed by atoms with E-state index in [1.807, 2.05) is 45.6 Å². The molecule has 4 nitrogen and oxygen atoms in total. The zero-order valence-corrected chi connectivity index (χ0v) is 14.1. The normalized spacial score (nSPS) is 25.9. The minimum atomic E-state index is -0.772. The van der Waals surface area contributed by atoms with Crippen molar-refractivity contribution in [3.8, 4) is 0 Å².